The molecule has 1 aromatic carbocycles. The molecule has 1 amide bonds. The first-order valence-electron chi connectivity index (χ1n) is 10.1. The highest BCUT2D eigenvalue weighted by Gasteiger charge is 2.42. The number of nitrogens with zero attached hydrogens (tertiary/aromatic N) is 3. The van der Waals surface area contributed by atoms with Gasteiger partial charge in [0, 0.05) is 43.0 Å². The molecule has 3 heterocycles. The number of ether oxygens (including phenoxy) is 2. The Hall–Kier alpha value is -2.82. The van der Waals surface area contributed by atoms with Crippen LogP contribution in [0.3, 0.4) is 0 Å². The number of piperidine rings is 1. The van der Waals surface area contributed by atoms with Gasteiger partial charge in [0.1, 0.15) is 11.8 Å². The molecule has 2 fully saturated rings. The van der Waals surface area contributed by atoms with E-state index in [0.29, 0.717) is 33.9 Å². The topological polar surface area (TPSA) is 87.5 Å². The molecule has 1 saturated heterocycles. The number of pyridine rings is 1. The fourth-order valence-electron chi connectivity index (χ4n) is 4.83. The number of carbonyl (C=O) groups is 1. The van der Waals surface area contributed by atoms with Gasteiger partial charge in [0.25, 0.3) is 5.91 Å². The molecular formula is C22H21ClN4O3. The number of halogens is 1. The predicted molar refractivity (Wildman–Crippen MR) is 109 cm³/mol. The summed E-state index contributed by atoms with van der Waals surface area (Å²) in [5.41, 5.74) is 1.83. The van der Waals surface area contributed by atoms with Gasteiger partial charge in [0.15, 0.2) is 11.5 Å². The first kappa shape index (κ1) is 19.2. The number of carbonyl (C=O) groups excluding carboxylic acids is 1. The van der Waals surface area contributed by atoms with Crippen LogP contribution in [0.5, 0.6) is 11.5 Å². The third-order valence-electron chi connectivity index (χ3n) is 6.28. The van der Waals surface area contributed by atoms with Crippen LogP contribution in [0.2, 0.25) is 5.02 Å². The minimum atomic E-state index is -0.124. The van der Waals surface area contributed by atoms with Gasteiger partial charge < -0.3 is 14.8 Å². The van der Waals surface area contributed by atoms with E-state index < -0.39 is 0 Å². The zero-order chi connectivity index (χ0) is 20.7. The molecule has 3 atom stereocenters. The number of aromatic nitrogens is 1. The lowest BCUT2D eigenvalue weighted by atomic mass is 9.91. The van der Waals surface area contributed by atoms with Gasteiger partial charge in [0.05, 0.1) is 5.56 Å². The van der Waals surface area contributed by atoms with Gasteiger partial charge in [0.2, 0.25) is 6.79 Å². The van der Waals surface area contributed by atoms with Crippen LogP contribution >= 0.6 is 11.6 Å². The van der Waals surface area contributed by atoms with Gasteiger partial charge in [-0.3, -0.25) is 9.69 Å². The van der Waals surface area contributed by atoms with Gasteiger partial charge in [-0.25, -0.2) is 4.98 Å². The number of nitrogens with one attached hydrogen (secondary N) is 1. The number of rotatable bonds is 4. The molecule has 30 heavy (non-hydrogen) atoms. The number of nitriles is 1. The number of hydrogen-bond donors (Lipinski definition) is 1. The third kappa shape index (κ3) is 3.57. The van der Waals surface area contributed by atoms with Gasteiger partial charge in [-0.2, -0.15) is 5.26 Å². The van der Waals surface area contributed by atoms with Gasteiger partial charge in [-0.15, -0.1) is 0 Å². The van der Waals surface area contributed by atoms with Crippen LogP contribution in [0, 0.1) is 23.2 Å². The predicted octanol–water partition coefficient (Wildman–Crippen LogP) is 2.98. The highest BCUT2D eigenvalue weighted by Crippen LogP contribution is 2.40. The fraction of sp³-hybridized carbons (Fsp3) is 0.409. The van der Waals surface area contributed by atoms with Crippen molar-refractivity contribution in [3.63, 3.8) is 0 Å². The smallest absolute Gasteiger partial charge is 0.253 e. The second kappa shape index (κ2) is 7.78. The molecule has 1 saturated carbocycles. The first-order chi connectivity index (χ1) is 14.6. The summed E-state index contributed by atoms with van der Waals surface area (Å²) < 4.78 is 10.9. The van der Waals surface area contributed by atoms with E-state index in [1.165, 1.54) is 6.20 Å². The Labute approximate surface area is 179 Å². The lowest BCUT2D eigenvalue weighted by molar-refractivity contribution is 0.0824. The highest BCUT2D eigenvalue weighted by atomic mass is 35.5. The quantitative estimate of drug-likeness (QED) is 0.811. The summed E-state index contributed by atoms with van der Waals surface area (Å²) in [6, 6.07) is 9.15. The Morgan fingerprint density at radius 3 is 2.63 bits per heavy atom. The van der Waals surface area contributed by atoms with Crippen LogP contribution in [0.4, 0.5) is 0 Å². The lowest BCUT2D eigenvalue weighted by Crippen LogP contribution is -2.52. The van der Waals surface area contributed by atoms with E-state index in [2.05, 4.69) is 15.2 Å². The Kier molecular flexibility index (Phi) is 4.97. The Balaban J connectivity index is 1.24. The minimum absolute atomic E-state index is 0.124. The van der Waals surface area contributed by atoms with Crippen molar-refractivity contribution in [3.05, 3.63) is 52.3 Å². The van der Waals surface area contributed by atoms with E-state index in [1.807, 2.05) is 18.2 Å². The summed E-state index contributed by atoms with van der Waals surface area (Å²) in [5.74, 6) is 2.14. The van der Waals surface area contributed by atoms with E-state index >= 15 is 0 Å². The highest BCUT2D eigenvalue weighted by molar-refractivity contribution is 6.31. The molecule has 1 aliphatic carbocycles. The van der Waals surface area contributed by atoms with E-state index in [1.54, 1.807) is 12.1 Å². The van der Waals surface area contributed by atoms with E-state index in [-0.39, 0.29) is 18.7 Å². The molecule has 8 heteroatoms. The molecule has 1 N–H and O–H groups in total. The summed E-state index contributed by atoms with van der Waals surface area (Å²) in [7, 11) is 0. The summed E-state index contributed by atoms with van der Waals surface area (Å²) in [4.78, 5) is 19.1. The zero-order valence-corrected chi connectivity index (χ0v) is 17.1. The fourth-order valence-corrected chi connectivity index (χ4v) is 5.05. The average Bonchev–Trinajstić information content (AvgIpc) is 3.29. The van der Waals surface area contributed by atoms with Crippen LogP contribution in [0.15, 0.2) is 30.5 Å². The van der Waals surface area contributed by atoms with Crippen molar-refractivity contribution in [2.75, 3.05) is 19.9 Å². The number of benzene rings is 1. The molecule has 2 bridgehead atoms. The standard InChI is InChI=1S/C22H21ClN4O3/c23-18-6-20-19(29-12-30-20)5-16(18)11-27-9-14-1-2-15(10-27)21(14)26-22(28)13-3-4-17(7-24)25-8-13/h3-6,8,14-15,21H,1-2,9-12H2,(H,26,28)/t14-,15+,21?. The second-order valence-corrected chi connectivity index (χ2v) is 8.54. The Bertz CT molecular complexity index is 1010. The molecule has 2 aliphatic heterocycles. The van der Waals surface area contributed by atoms with Crippen molar-refractivity contribution in [1.82, 2.24) is 15.2 Å². The monoisotopic (exact) mass is 424 g/mol. The summed E-state index contributed by atoms with van der Waals surface area (Å²) >= 11 is 6.46. The number of fused-ring (bicyclic) bond motifs is 3. The summed E-state index contributed by atoms with van der Waals surface area (Å²) in [5, 5.41) is 12.8. The molecule has 154 valence electrons. The van der Waals surface area contributed by atoms with E-state index in [0.717, 1.165) is 43.8 Å². The third-order valence-corrected chi connectivity index (χ3v) is 6.63. The van der Waals surface area contributed by atoms with Crippen molar-refractivity contribution in [2.45, 2.75) is 25.4 Å². The Morgan fingerprint density at radius 2 is 1.97 bits per heavy atom. The maximum absolute atomic E-state index is 12.7. The van der Waals surface area contributed by atoms with Gasteiger partial charge >= 0.3 is 0 Å². The van der Waals surface area contributed by atoms with Gasteiger partial charge in [-0.1, -0.05) is 11.6 Å². The van der Waals surface area contributed by atoms with Gasteiger partial charge in [-0.05, 0) is 48.4 Å². The molecule has 3 aliphatic rings. The molecular weight excluding hydrogens is 404 g/mol. The number of amides is 1. The SMILES string of the molecule is N#Cc1ccc(C(=O)NC2[C@@H]3CC[C@H]2CN(Cc2cc4c(cc2Cl)OCO4)C3)cn1. The zero-order valence-electron chi connectivity index (χ0n) is 16.3. The van der Waals surface area contributed by atoms with Crippen LogP contribution in [0.25, 0.3) is 0 Å². The maximum atomic E-state index is 12.7. The summed E-state index contributed by atoms with van der Waals surface area (Å²) in [6.45, 7) is 2.82. The minimum Gasteiger partial charge on any atom is -0.454 e. The first-order valence-corrected chi connectivity index (χ1v) is 10.5. The number of hydrogen-bond acceptors (Lipinski definition) is 6. The van der Waals surface area contributed by atoms with Crippen LogP contribution in [-0.4, -0.2) is 41.7 Å². The molecule has 0 radical (unpaired) electrons. The van der Waals surface area contributed by atoms with E-state index in [4.69, 9.17) is 26.3 Å². The molecule has 1 aromatic heterocycles. The average molecular weight is 425 g/mol. The largest absolute Gasteiger partial charge is 0.454 e. The van der Waals surface area contributed by atoms with E-state index in [9.17, 15) is 4.79 Å². The molecule has 7 nitrogen and oxygen atoms in total. The van der Waals surface area contributed by atoms with Crippen LogP contribution in [0.1, 0.15) is 34.5 Å². The molecule has 5 rings (SSSR count). The lowest BCUT2D eigenvalue weighted by Gasteiger charge is -2.38. The van der Waals surface area contributed by atoms with Crippen molar-refractivity contribution in [3.8, 4) is 17.6 Å². The van der Waals surface area contributed by atoms with Crippen molar-refractivity contribution in [1.29, 1.82) is 5.26 Å². The molecule has 0 spiro atoms. The van der Waals surface area contributed by atoms with Crippen molar-refractivity contribution in [2.24, 2.45) is 11.8 Å². The summed E-state index contributed by atoms with van der Waals surface area (Å²) in [6.07, 6.45) is 3.67. The van der Waals surface area contributed by atoms with Crippen molar-refractivity contribution >= 4 is 17.5 Å². The molecule has 2 aromatic rings. The van der Waals surface area contributed by atoms with Crippen LogP contribution < -0.4 is 14.8 Å². The Morgan fingerprint density at radius 1 is 1.23 bits per heavy atom. The second-order valence-electron chi connectivity index (χ2n) is 8.13. The molecule has 1 unspecified atom stereocenters. The van der Waals surface area contributed by atoms with Crippen LogP contribution in [-0.2, 0) is 6.54 Å². The maximum Gasteiger partial charge on any atom is 0.253 e. The van der Waals surface area contributed by atoms with Crippen molar-refractivity contribution < 1.29 is 14.3 Å². The normalized spacial score (nSPS) is 24.5. The number of likely N-dealkylation sites (tertiary alicyclic amines) is 1.